The quantitative estimate of drug-likeness (QED) is 0.177. The second kappa shape index (κ2) is 12.1. The summed E-state index contributed by atoms with van der Waals surface area (Å²) in [6, 6.07) is 74.2. The van der Waals surface area contributed by atoms with E-state index in [4.69, 9.17) is 4.42 Å². The van der Waals surface area contributed by atoms with Crippen LogP contribution in [0, 0.1) is 0 Å². The van der Waals surface area contributed by atoms with E-state index in [-0.39, 0.29) is 5.41 Å². The van der Waals surface area contributed by atoms with E-state index in [1.165, 1.54) is 83.3 Å². The maximum absolute atomic E-state index is 6.58. The van der Waals surface area contributed by atoms with Crippen LogP contribution in [0.5, 0.6) is 0 Å². The molecule has 60 heavy (non-hydrogen) atoms. The highest BCUT2D eigenvalue weighted by atomic mass is 16.3. The monoisotopic (exact) mass is 765 g/mol. The number of rotatable bonds is 4. The molecule has 1 aromatic heterocycles. The third kappa shape index (κ3) is 4.27. The Morgan fingerprint density at radius 3 is 1.67 bits per heavy atom. The average molecular weight is 766 g/mol. The standard InChI is InChI=1S/C58H39NO/c1-57(2)46-23-11-6-19-40(46)43-30-28-37(34-50(43)57)59(52-26-14-9-18-39(52)36-16-4-3-5-17-36)38-29-31-44-51(35-38)58(47-24-12-7-20-41(47)42-21-8-13-25-48(42)58)49-32-33-54-56(55(44)49)45-22-10-15-27-53(45)60-54/h3-35H,1-2H3. The summed E-state index contributed by atoms with van der Waals surface area (Å²) in [7, 11) is 0. The first kappa shape index (κ1) is 33.5. The van der Waals surface area contributed by atoms with Crippen LogP contribution in [0.1, 0.15) is 47.2 Å². The number of furan rings is 1. The predicted molar refractivity (Wildman–Crippen MR) is 248 cm³/mol. The molecule has 0 fully saturated rings. The fourth-order valence-electron chi connectivity index (χ4n) is 11.4. The summed E-state index contributed by atoms with van der Waals surface area (Å²) in [6.45, 7) is 4.74. The SMILES string of the molecule is CC1(C)c2ccccc2-c2ccc(N(c3ccc4c(c3)C3(c5ccccc5-c5ccccc53)c3ccc5oc6ccccc6c5c3-4)c3ccccc3-c3ccccc3)cc21. The maximum atomic E-state index is 6.58. The van der Waals surface area contributed by atoms with Crippen molar-refractivity contribution in [3.63, 3.8) is 0 Å². The summed E-state index contributed by atoms with van der Waals surface area (Å²) >= 11 is 0. The number of hydrogen-bond acceptors (Lipinski definition) is 2. The van der Waals surface area contributed by atoms with Gasteiger partial charge in [-0.3, -0.25) is 0 Å². The van der Waals surface area contributed by atoms with Gasteiger partial charge in [0.05, 0.1) is 11.1 Å². The van der Waals surface area contributed by atoms with E-state index in [0.717, 1.165) is 33.6 Å². The Morgan fingerprint density at radius 1 is 0.383 bits per heavy atom. The van der Waals surface area contributed by atoms with Crippen molar-refractivity contribution in [2.24, 2.45) is 0 Å². The molecule has 0 radical (unpaired) electrons. The number of benzene rings is 9. The topological polar surface area (TPSA) is 16.4 Å². The van der Waals surface area contributed by atoms with Crippen molar-refractivity contribution >= 4 is 39.0 Å². The van der Waals surface area contributed by atoms with Crippen LogP contribution in [-0.4, -0.2) is 0 Å². The van der Waals surface area contributed by atoms with Crippen molar-refractivity contribution in [3.8, 4) is 44.5 Å². The molecule has 282 valence electrons. The van der Waals surface area contributed by atoms with Gasteiger partial charge in [-0.1, -0.05) is 172 Å². The Balaban J connectivity index is 1.13. The first-order chi connectivity index (χ1) is 29.5. The van der Waals surface area contributed by atoms with Crippen LogP contribution < -0.4 is 4.90 Å². The molecule has 9 aromatic carbocycles. The molecule has 3 aliphatic carbocycles. The molecule has 0 bridgehead atoms. The van der Waals surface area contributed by atoms with Gasteiger partial charge in [0.25, 0.3) is 0 Å². The molecule has 0 atom stereocenters. The highest BCUT2D eigenvalue weighted by Crippen LogP contribution is 2.65. The van der Waals surface area contributed by atoms with Crippen LogP contribution in [0.15, 0.2) is 205 Å². The molecule has 2 nitrogen and oxygen atoms in total. The van der Waals surface area contributed by atoms with Crippen LogP contribution in [0.2, 0.25) is 0 Å². The lowest BCUT2D eigenvalue weighted by Gasteiger charge is -2.33. The zero-order chi connectivity index (χ0) is 39.7. The zero-order valence-electron chi connectivity index (χ0n) is 33.4. The normalized spacial score (nSPS) is 14.4. The van der Waals surface area contributed by atoms with E-state index in [9.17, 15) is 0 Å². The largest absolute Gasteiger partial charge is 0.456 e. The van der Waals surface area contributed by atoms with E-state index in [0.29, 0.717) is 0 Å². The Kier molecular flexibility index (Phi) is 6.74. The van der Waals surface area contributed by atoms with Crippen molar-refractivity contribution in [3.05, 3.63) is 234 Å². The Bertz CT molecular complexity index is 3380. The molecule has 1 spiro atoms. The molecule has 0 aliphatic heterocycles. The van der Waals surface area contributed by atoms with Crippen molar-refractivity contribution in [1.29, 1.82) is 0 Å². The van der Waals surface area contributed by atoms with Gasteiger partial charge >= 0.3 is 0 Å². The van der Waals surface area contributed by atoms with E-state index in [1.807, 2.05) is 0 Å². The van der Waals surface area contributed by atoms with Gasteiger partial charge in [0.15, 0.2) is 0 Å². The summed E-state index contributed by atoms with van der Waals surface area (Å²) in [5.74, 6) is 0. The van der Waals surface area contributed by atoms with Crippen molar-refractivity contribution < 1.29 is 4.42 Å². The highest BCUT2D eigenvalue weighted by molar-refractivity contribution is 6.16. The summed E-state index contributed by atoms with van der Waals surface area (Å²) in [4.78, 5) is 2.51. The number of para-hydroxylation sites is 2. The van der Waals surface area contributed by atoms with E-state index in [2.05, 4.69) is 219 Å². The van der Waals surface area contributed by atoms with E-state index >= 15 is 0 Å². The molecule has 1 heterocycles. The highest BCUT2D eigenvalue weighted by Gasteiger charge is 2.52. The van der Waals surface area contributed by atoms with Crippen LogP contribution in [0.4, 0.5) is 17.1 Å². The fraction of sp³-hybridized carbons (Fsp3) is 0.0690. The van der Waals surface area contributed by atoms with Gasteiger partial charge in [-0.15, -0.1) is 0 Å². The van der Waals surface area contributed by atoms with Gasteiger partial charge in [0, 0.05) is 33.1 Å². The van der Waals surface area contributed by atoms with Gasteiger partial charge < -0.3 is 9.32 Å². The fourth-order valence-corrected chi connectivity index (χ4v) is 11.4. The van der Waals surface area contributed by atoms with E-state index in [1.54, 1.807) is 0 Å². The molecule has 0 saturated heterocycles. The molecule has 10 aromatic rings. The van der Waals surface area contributed by atoms with Crippen LogP contribution in [0.25, 0.3) is 66.4 Å². The lowest BCUT2D eigenvalue weighted by molar-refractivity contribution is 0.660. The van der Waals surface area contributed by atoms with Gasteiger partial charge in [-0.2, -0.15) is 0 Å². The zero-order valence-corrected chi connectivity index (χ0v) is 33.4. The van der Waals surface area contributed by atoms with E-state index < -0.39 is 5.41 Å². The Morgan fingerprint density at radius 2 is 0.933 bits per heavy atom. The molecule has 13 rings (SSSR count). The molecule has 0 N–H and O–H groups in total. The maximum Gasteiger partial charge on any atom is 0.136 e. The lowest BCUT2D eigenvalue weighted by atomic mass is 9.70. The number of hydrogen-bond donors (Lipinski definition) is 0. The summed E-state index contributed by atoms with van der Waals surface area (Å²) < 4.78 is 6.58. The number of anilines is 3. The van der Waals surface area contributed by atoms with Crippen LogP contribution >= 0.6 is 0 Å². The predicted octanol–water partition coefficient (Wildman–Crippen LogP) is 15.4. The molecule has 0 saturated carbocycles. The van der Waals surface area contributed by atoms with Gasteiger partial charge in [-0.05, 0) is 115 Å². The molecule has 0 unspecified atom stereocenters. The minimum atomic E-state index is -0.535. The number of nitrogens with zero attached hydrogens (tertiary/aromatic N) is 1. The first-order valence-electron chi connectivity index (χ1n) is 21.0. The molecule has 3 aliphatic rings. The third-order valence-electron chi connectivity index (χ3n) is 13.9. The second-order valence-corrected chi connectivity index (χ2v) is 17.1. The van der Waals surface area contributed by atoms with Gasteiger partial charge in [-0.25, -0.2) is 0 Å². The summed E-state index contributed by atoms with van der Waals surface area (Å²) in [6.07, 6.45) is 0. The molecular formula is C58H39NO. The average Bonchev–Trinajstić information content (AvgIpc) is 3.99. The lowest BCUT2D eigenvalue weighted by Crippen LogP contribution is -2.26. The smallest absolute Gasteiger partial charge is 0.136 e. The molecular weight excluding hydrogens is 727 g/mol. The van der Waals surface area contributed by atoms with Crippen LogP contribution in [0.3, 0.4) is 0 Å². The van der Waals surface area contributed by atoms with Gasteiger partial charge in [0.1, 0.15) is 11.2 Å². The molecule has 2 heteroatoms. The summed E-state index contributed by atoms with van der Waals surface area (Å²) in [5, 5.41) is 2.33. The van der Waals surface area contributed by atoms with Gasteiger partial charge in [0.2, 0.25) is 0 Å². The number of fused-ring (bicyclic) bond motifs is 17. The minimum absolute atomic E-state index is 0.147. The summed E-state index contributed by atoms with van der Waals surface area (Å²) in [5.41, 5.74) is 22.6. The Hall–Kier alpha value is -7.42. The minimum Gasteiger partial charge on any atom is -0.456 e. The Labute approximate surface area is 349 Å². The van der Waals surface area contributed by atoms with Crippen LogP contribution in [-0.2, 0) is 10.8 Å². The van der Waals surface area contributed by atoms with Crippen molar-refractivity contribution in [1.82, 2.24) is 0 Å². The second-order valence-electron chi connectivity index (χ2n) is 17.1. The third-order valence-corrected chi connectivity index (χ3v) is 13.9. The molecule has 0 amide bonds. The first-order valence-corrected chi connectivity index (χ1v) is 21.0. The van der Waals surface area contributed by atoms with Crippen molar-refractivity contribution in [2.45, 2.75) is 24.7 Å². The van der Waals surface area contributed by atoms with Crippen molar-refractivity contribution in [2.75, 3.05) is 4.90 Å².